The minimum atomic E-state index is -4.78. The van der Waals surface area contributed by atoms with Gasteiger partial charge in [0.15, 0.2) is 0 Å². The molecule has 0 aliphatic rings. The molecule has 0 spiro atoms. The largest absolute Gasteiger partial charge is 0.573 e. The number of rotatable bonds is 4. The maximum atomic E-state index is 12.9. The number of ether oxygens (including phenoxy) is 1. The zero-order chi connectivity index (χ0) is 17.0. The van der Waals surface area contributed by atoms with Gasteiger partial charge in [-0.3, -0.25) is 4.79 Å². The number of carbonyl (C=O) groups is 1. The van der Waals surface area contributed by atoms with Gasteiger partial charge in [-0.05, 0) is 48.9 Å². The highest BCUT2D eigenvalue weighted by Crippen LogP contribution is 2.23. The molecule has 2 rings (SSSR count). The topological polar surface area (TPSA) is 38.3 Å². The molecule has 0 radical (unpaired) electrons. The minimum Gasteiger partial charge on any atom is -0.406 e. The maximum Gasteiger partial charge on any atom is 0.573 e. The zero-order valence-corrected chi connectivity index (χ0v) is 12.0. The van der Waals surface area contributed by atoms with E-state index in [0.29, 0.717) is 5.56 Å². The molecule has 0 heterocycles. The highest BCUT2D eigenvalue weighted by Gasteiger charge is 2.31. The fourth-order valence-electron chi connectivity index (χ4n) is 1.92. The number of halogens is 4. The molecule has 0 saturated heterocycles. The molecule has 3 nitrogen and oxygen atoms in total. The van der Waals surface area contributed by atoms with Crippen LogP contribution in [0.3, 0.4) is 0 Å². The number of benzene rings is 2. The average Bonchev–Trinajstić information content (AvgIpc) is 2.46. The quantitative estimate of drug-likeness (QED) is 0.854. The van der Waals surface area contributed by atoms with Gasteiger partial charge in [0.05, 0.1) is 6.04 Å². The van der Waals surface area contributed by atoms with E-state index in [1.807, 2.05) is 0 Å². The molecule has 2 aromatic carbocycles. The molecule has 0 unspecified atom stereocenters. The van der Waals surface area contributed by atoms with Crippen LogP contribution in [0.2, 0.25) is 0 Å². The standard InChI is InChI=1S/C16H13F4NO2/c1-10(11-2-6-13(17)7-3-11)21-15(22)12-4-8-14(9-5-12)23-16(18,19)20/h2-10H,1H3,(H,21,22)/t10-/m1/s1. The first kappa shape index (κ1) is 16.8. The van der Waals surface area contributed by atoms with E-state index in [1.54, 1.807) is 19.1 Å². The summed E-state index contributed by atoms with van der Waals surface area (Å²) in [5.41, 5.74) is 0.894. The average molecular weight is 327 g/mol. The molecule has 7 heteroatoms. The highest BCUT2D eigenvalue weighted by atomic mass is 19.4. The van der Waals surface area contributed by atoms with Crippen LogP contribution in [0, 0.1) is 5.82 Å². The van der Waals surface area contributed by atoms with E-state index in [9.17, 15) is 22.4 Å². The van der Waals surface area contributed by atoms with Crippen molar-refractivity contribution >= 4 is 5.91 Å². The van der Waals surface area contributed by atoms with Gasteiger partial charge in [0.2, 0.25) is 0 Å². The summed E-state index contributed by atoms with van der Waals surface area (Å²) in [5, 5.41) is 2.68. The van der Waals surface area contributed by atoms with Crippen molar-refractivity contribution in [2.45, 2.75) is 19.3 Å². The maximum absolute atomic E-state index is 12.9. The van der Waals surface area contributed by atoms with Crippen LogP contribution in [0.5, 0.6) is 5.75 Å². The van der Waals surface area contributed by atoms with Crippen molar-refractivity contribution in [3.05, 3.63) is 65.5 Å². The Balaban J connectivity index is 2.01. The number of carbonyl (C=O) groups excluding carboxylic acids is 1. The summed E-state index contributed by atoms with van der Waals surface area (Å²) in [7, 11) is 0. The van der Waals surface area contributed by atoms with Crippen molar-refractivity contribution < 1.29 is 27.1 Å². The molecule has 0 fully saturated rings. The highest BCUT2D eigenvalue weighted by molar-refractivity contribution is 5.94. The smallest absolute Gasteiger partial charge is 0.406 e. The second-order valence-electron chi connectivity index (χ2n) is 4.82. The van der Waals surface area contributed by atoms with Gasteiger partial charge in [-0.1, -0.05) is 12.1 Å². The van der Waals surface area contributed by atoms with Gasteiger partial charge in [-0.25, -0.2) is 4.39 Å². The number of hydrogen-bond donors (Lipinski definition) is 1. The summed E-state index contributed by atoms with van der Waals surface area (Å²) < 4.78 is 52.8. The molecule has 0 saturated carbocycles. The lowest BCUT2D eigenvalue weighted by Crippen LogP contribution is -2.26. The third kappa shape index (κ3) is 4.98. The van der Waals surface area contributed by atoms with Gasteiger partial charge in [-0.15, -0.1) is 13.2 Å². The van der Waals surface area contributed by atoms with E-state index in [2.05, 4.69) is 10.1 Å². The normalized spacial score (nSPS) is 12.6. The summed E-state index contributed by atoms with van der Waals surface area (Å²) in [6.07, 6.45) is -4.78. The molecule has 1 amide bonds. The Labute approximate surface area is 129 Å². The van der Waals surface area contributed by atoms with E-state index >= 15 is 0 Å². The van der Waals surface area contributed by atoms with Gasteiger partial charge < -0.3 is 10.1 Å². The van der Waals surface area contributed by atoms with Crippen LogP contribution in [-0.4, -0.2) is 12.3 Å². The molecule has 1 atom stereocenters. The Morgan fingerprint density at radius 1 is 1.04 bits per heavy atom. The molecule has 0 aromatic heterocycles. The van der Waals surface area contributed by atoms with Crippen LogP contribution in [0.25, 0.3) is 0 Å². The molecule has 0 bridgehead atoms. The van der Waals surface area contributed by atoms with Crippen LogP contribution in [0.1, 0.15) is 28.9 Å². The van der Waals surface area contributed by atoms with E-state index in [0.717, 1.165) is 12.1 Å². The Morgan fingerprint density at radius 3 is 2.13 bits per heavy atom. The van der Waals surface area contributed by atoms with E-state index in [4.69, 9.17) is 0 Å². The van der Waals surface area contributed by atoms with Crippen LogP contribution in [-0.2, 0) is 0 Å². The Morgan fingerprint density at radius 2 is 1.61 bits per heavy atom. The fraction of sp³-hybridized carbons (Fsp3) is 0.188. The summed E-state index contributed by atoms with van der Waals surface area (Å²) in [4.78, 5) is 12.0. The third-order valence-corrected chi connectivity index (χ3v) is 3.07. The molecule has 0 aliphatic heterocycles. The summed E-state index contributed by atoms with van der Waals surface area (Å²) in [6.45, 7) is 1.71. The van der Waals surface area contributed by atoms with Gasteiger partial charge in [0, 0.05) is 5.56 Å². The summed E-state index contributed by atoms with van der Waals surface area (Å²) in [5.74, 6) is -1.24. The van der Waals surface area contributed by atoms with Crippen molar-refractivity contribution in [3.8, 4) is 5.75 Å². The van der Waals surface area contributed by atoms with Gasteiger partial charge in [-0.2, -0.15) is 0 Å². The molecule has 1 N–H and O–H groups in total. The second-order valence-corrected chi connectivity index (χ2v) is 4.82. The first-order valence-electron chi connectivity index (χ1n) is 6.67. The second kappa shape index (κ2) is 6.68. The Hall–Kier alpha value is -2.57. The molecular weight excluding hydrogens is 314 g/mol. The van der Waals surface area contributed by atoms with Gasteiger partial charge >= 0.3 is 6.36 Å². The molecule has 0 aliphatic carbocycles. The number of nitrogens with one attached hydrogen (secondary N) is 1. The number of hydrogen-bond acceptors (Lipinski definition) is 2. The number of alkyl halides is 3. The summed E-state index contributed by atoms with van der Waals surface area (Å²) in [6, 6.07) is 9.84. The molecule has 23 heavy (non-hydrogen) atoms. The first-order chi connectivity index (χ1) is 10.7. The molecule has 122 valence electrons. The SMILES string of the molecule is C[C@@H](NC(=O)c1ccc(OC(F)(F)F)cc1)c1ccc(F)cc1. The summed E-state index contributed by atoms with van der Waals surface area (Å²) >= 11 is 0. The Bertz CT molecular complexity index is 666. The minimum absolute atomic E-state index is 0.188. The molecule has 2 aromatic rings. The van der Waals surface area contributed by atoms with Gasteiger partial charge in [0.25, 0.3) is 5.91 Å². The predicted molar refractivity (Wildman–Crippen MR) is 75.4 cm³/mol. The van der Waals surface area contributed by atoms with Gasteiger partial charge in [0.1, 0.15) is 11.6 Å². The zero-order valence-electron chi connectivity index (χ0n) is 12.0. The predicted octanol–water partition coefficient (Wildman–Crippen LogP) is 4.22. The monoisotopic (exact) mass is 327 g/mol. The molecular formula is C16H13F4NO2. The van der Waals surface area contributed by atoms with Crippen LogP contribution >= 0.6 is 0 Å². The van der Waals surface area contributed by atoms with E-state index in [-0.39, 0.29) is 17.4 Å². The Kier molecular flexibility index (Phi) is 4.88. The lowest BCUT2D eigenvalue weighted by molar-refractivity contribution is -0.274. The van der Waals surface area contributed by atoms with E-state index in [1.165, 1.54) is 24.3 Å². The van der Waals surface area contributed by atoms with Crippen molar-refractivity contribution in [2.24, 2.45) is 0 Å². The lowest BCUT2D eigenvalue weighted by Gasteiger charge is -2.15. The first-order valence-corrected chi connectivity index (χ1v) is 6.67. The van der Waals surface area contributed by atoms with Crippen LogP contribution in [0.4, 0.5) is 17.6 Å². The van der Waals surface area contributed by atoms with Crippen LogP contribution in [0.15, 0.2) is 48.5 Å². The van der Waals surface area contributed by atoms with E-state index < -0.39 is 18.0 Å². The van der Waals surface area contributed by atoms with Crippen molar-refractivity contribution in [3.63, 3.8) is 0 Å². The lowest BCUT2D eigenvalue weighted by atomic mass is 10.1. The van der Waals surface area contributed by atoms with Crippen molar-refractivity contribution in [2.75, 3.05) is 0 Å². The van der Waals surface area contributed by atoms with Crippen molar-refractivity contribution in [1.82, 2.24) is 5.32 Å². The van der Waals surface area contributed by atoms with Crippen molar-refractivity contribution in [1.29, 1.82) is 0 Å². The van der Waals surface area contributed by atoms with Crippen LogP contribution < -0.4 is 10.1 Å². The number of amides is 1. The fourth-order valence-corrected chi connectivity index (χ4v) is 1.92. The third-order valence-electron chi connectivity index (χ3n) is 3.07.